The van der Waals surface area contributed by atoms with Crippen LogP contribution < -0.4 is 10.1 Å². The van der Waals surface area contributed by atoms with Gasteiger partial charge in [-0.05, 0) is 25.0 Å². The highest BCUT2D eigenvalue weighted by Crippen LogP contribution is 2.26. The zero-order valence-corrected chi connectivity index (χ0v) is 11.2. The Hall–Kier alpha value is -1.10. The van der Waals surface area contributed by atoms with E-state index in [0.29, 0.717) is 16.3 Å². The number of pyridine rings is 1. The van der Waals surface area contributed by atoms with E-state index in [1.165, 1.54) is 7.11 Å². The monoisotopic (exact) mass is 298 g/mol. The van der Waals surface area contributed by atoms with E-state index in [4.69, 9.17) is 4.74 Å². The van der Waals surface area contributed by atoms with E-state index in [9.17, 15) is 4.79 Å². The Bertz CT molecular complexity index is 411. The molecule has 1 aromatic heterocycles. The van der Waals surface area contributed by atoms with E-state index in [1.54, 1.807) is 18.3 Å². The van der Waals surface area contributed by atoms with Crippen molar-refractivity contribution < 1.29 is 9.53 Å². The summed E-state index contributed by atoms with van der Waals surface area (Å²) in [4.78, 5) is 16.5. The summed E-state index contributed by atoms with van der Waals surface area (Å²) < 4.78 is 5.07. The molecule has 1 saturated carbocycles. The predicted molar refractivity (Wildman–Crippen MR) is 68.6 cm³/mol. The van der Waals surface area contributed by atoms with Gasteiger partial charge in [0.2, 0.25) is 5.88 Å². The van der Waals surface area contributed by atoms with E-state index in [-0.39, 0.29) is 11.9 Å². The summed E-state index contributed by atoms with van der Waals surface area (Å²) in [5.74, 6) is 0.250. The van der Waals surface area contributed by atoms with E-state index < -0.39 is 0 Å². The van der Waals surface area contributed by atoms with Gasteiger partial charge in [0.25, 0.3) is 5.91 Å². The maximum absolute atomic E-state index is 12.1. The number of hydrogen-bond donors (Lipinski definition) is 1. The van der Waals surface area contributed by atoms with Gasteiger partial charge in [-0.3, -0.25) is 4.79 Å². The summed E-state index contributed by atoms with van der Waals surface area (Å²) in [5, 5.41) is 3.01. The lowest BCUT2D eigenvalue weighted by Gasteiger charge is -2.16. The number of amides is 1. The lowest BCUT2D eigenvalue weighted by molar-refractivity contribution is 0.0935. The Kier molecular flexibility index (Phi) is 3.99. The molecular weight excluding hydrogens is 284 g/mol. The fourth-order valence-electron chi connectivity index (χ4n) is 2.05. The zero-order chi connectivity index (χ0) is 12.3. The van der Waals surface area contributed by atoms with Crippen LogP contribution in [0.25, 0.3) is 0 Å². The quantitative estimate of drug-likeness (QED) is 0.870. The minimum atomic E-state index is -0.119. The molecule has 0 spiro atoms. The normalized spacial score (nSPS) is 23.4. The van der Waals surface area contributed by atoms with Crippen molar-refractivity contribution in [3.8, 4) is 5.88 Å². The first-order valence-corrected chi connectivity index (χ1v) is 6.58. The SMILES string of the molecule is COc1ncccc1C(=O)NC1CCCC1Br. The number of carbonyl (C=O) groups excluding carboxylic acids is 1. The molecule has 4 nitrogen and oxygen atoms in total. The second-order valence-corrected chi connectivity index (χ2v) is 5.26. The van der Waals surface area contributed by atoms with Crippen molar-refractivity contribution in [1.82, 2.24) is 10.3 Å². The molecule has 0 aromatic carbocycles. The van der Waals surface area contributed by atoms with Crippen LogP contribution in [0.5, 0.6) is 5.88 Å². The third-order valence-corrected chi connectivity index (χ3v) is 4.05. The summed E-state index contributed by atoms with van der Waals surface area (Å²) in [5.41, 5.74) is 0.488. The Morgan fingerprint density at radius 1 is 1.59 bits per heavy atom. The Morgan fingerprint density at radius 2 is 2.41 bits per heavy atom. The smallest absolute Gasteiger partial charge is 0.257 e. The van der Waals surface area contributed by atoms with Gasteiger partial charge in [0.15, 0.2) is 0 Å². The lowest BCUT2D eigenvalue weighted by Crippen LogP contribution is -2.37. The van der Waals surface area contributed by atoms with E-state index in [2.05, 4.69) is 26.2 Å². The van der Waals surface area contributed by atoms with Gasteiger partial charge in [-0.25, -0.2) is 4.98 Å². The second-order valence-electron chi connectivity index (χ2n) is 4.09. The average Bonchev–Trinajstić information content (AvgIpc) is 2.75. The molecule has 92 valence electrons. The van der Waals surface area contributed by atoms with Gasteiger partial charge in [-0.1, -0.05) is 22.4 Å². The molecule has 1 aliphatic carbocycles. The minimum absolute atomic E-state index is 0.119. The maximum Gasteiger partial charge on any atom is 0.257 e. The Morgan fingerprint density at radius 3 is 3.06 bits per heavy atom. The Balaban J connectivity index is 2.09. The average molecular weight is 299 g/mol. The highest BCUT2D eigenvalue weighted by atomic mass is 79.9. The molecule has 1 fully saturated rings. The fraction of sp³-hybridized carbons (Fsp3) is 0.500. The van der Waals surface area contributed by atoms with Gasteiger partial charge in [-0.2, -0.15) is 0 Å². The van der Waals surface area contributed by atoms with Crippen molar-refractivity contribution in [2.45, 2.75) is 30.1 Å². The number of alkyl halides is 1. The highest BCUT2D eigenvalue weighted by Gasteiger charge is 2.27. The number of hydrogen-bond acceptors (Lipinski definition) is 3. The molecule has 1 N–H and O–H groups in total. The molecule has 1 heterocycles. The first-order chi connectivity index (χ1) is 8.22. The van der Waals surface area contributed by atoms with Gasteiger partial charge in [0, 0.05) is 17.1 Å². The van der Waals surface area contributed by atoms with Crippen LogP contribution in [0.4, 0.5) is 0 Å². The molecule has 0 radical (unpaired) electrons. The topological polar surface area (TPSA) is 51.2 Å². The first-order valence-electron chi connectivity index (χ1n) is 5.66. The standard InChI is InChI=1S/C12H15BrN2O2/c1-17-12-8(4-3-7-14-12)11(16)15-10-6-2-5-9(10)13/h3-4,7,9-10H,2,5-6H2,1H3,(H,15,16). The van der Waals surface area contributed by atoms with Crippen molar-refractivity contribution in [3.05, 3.63) is 23.9 Å². The molecule has 0 bridgehead atoms. The van der Waals surface area contributed by atoms with Crippen molar-refractivity contribution in [2.24, 2.45) is 0 Å². The highest BCUT2D eigenvalue weighted by molar-refractivity contribution is 9.09. The number of ether oxygens (including phenoxy) is 1. The summed E-state index contributed by atoms with van der Waals surface area (Å²) >= 11 is 3.58. The summed E-state index contributed by atoms with van der Waals surface area (Å²) in [6.45, 7) is 0. The molecule has 2 atom stereocenters. The van der Waals surface area contributed by atoms with Crippen LogP contribution in [0.15, 0.2) is 18.3 Å². The molecule has 0 saturated heterocycles. The minimum Gasteiger partial charge on any atom is -0.480 e. The second kappa shape index (κ2) is 5.49. The molecule has 17 heavy (non-hydrogen) atoms. The number of carbonyl (C=O) groups is 1. The van der Waals surface area contributed by atoms with E-state index in [0.717, 1.165) is 19.3 Å². The number of rotatable bonds is 3. The van der Waals surface area contributed by atoms with Crippen molar-refractivity contribution in [3.63, 3.8) is 0 Å². The molecule has 1 aliphatic rings. The van der Waals surface area contributed by atoms with Crippen LogP contribution in [0.1, 0.15) is 29.6 Å². The predicted octanol–water partition coefficient (Wildman–Crippen LogP) is 2.14. The van der Waals surface area contributed by atoms with Gasteiger partial charge in [-0.15, -0.1) is 0 Å². The van der Waals surface area contributed by atoms with Crippen LogP contribution >= 0.6 is 15.9 Å². The van der Waals surface area contributed by atoms with Gasteiger partial charge in [0.1, 0.15) is 5.56 Å². The number of nitrogens with one attached hydrogen (secondary N) is 1. The molecule has 0 aliphatic heterocycles. The zero-order valence-electron chi connectivity index (χ0n) is 9.65. The third-order valence-electron chi connectivity index (χ3n) is 2.96. The van der Waals surface area contributed by atoms with E-state index in [1.807, 2.05) is 0 Å². The third kappa shape index (κ3) is 2.77. The molecule has 5 heteroatoms. The summed E-state index contributed by atoms with van der Waals surface area (Å²) in [6.07, 6.45) is 4.88. The largest absolute Gasteiger partial charge is 0.480 e. The van der Waals surface area contributed by atoms with Crippen molar-refractivity contribution in [2.75, 3.05) is 7.11 Å². The number of aromatic nitrogens is 1. The van der Waals surface area contributed by atoms with Crippen LogP contribution in [-0.4, -0.2) is 28.9 Å². The van der Waals surface area contributed by atoms with Crippen LogP contribution in [0, 0.1) is 0 Å². The van der Waals surface area contributed by atoms with Crippen molar-refractivity contribution in [1.29, 1.82) is 0 Å². The fourth-order valence-corrected chi connectivity index (χ4v) is 2.77. The number of nitrogens with zero attached hydrogens (tertiary/aromatic N) is 1. The lowest BCUT2D eigenvalue weighted by atomic mass is 10.2. The van der Waals surface area contributed by atoms with Crippen LogP contribution in [-0.2, 0) is 0 Å². The maximum atomic E-state index is 12.1. The number of methoxy groups -OCH3 is 1. The van der Waals surface area contributed by atoms with Crippen LogP contribution in [0.2, 0.25) is 0 Å². The van der Waals surface area contributed by atoms with Gasteiger partial charge >= 0.3 is 0 Å². The van der Waals surface area contributed by atoms with E-state index >= 15 is 0 Å². The van der Waals surface area contributed by atoms with Crippen LogP contribution in [0.3, 0.4) is 0 Å². The van der Waals surface area contributed by atoms with Gasteiger partial charge in [0.05, 0.1) is 7.11 Å². The van der Waals surface area contributed by atoms with Crippen molar-refractivity contribution >= 4 is 21.8 Å². The molecular formula is C12H15BrN2O2. The van der Waals surface area contributed by atoms with Gasteiger partial charge < -0.3 is 10.1 Å². The summed E-state index contributed by atoms with van der Waals surface area (Å²) in [7, 11) is 1.52. The number of halogens is 1. The molecule has 2 rings (SSSR count). The molecule has 2 unspecified atom stereocenters. The summed E-state index contributed by atoms with van der Waals surface area (Å²) in [6, 6.07) is 3.66. The Labute approximate surface area is 109 Å². The molecule has 1 aromatic rings. The first kappa shape index (κ1) is 12.4. The molecule has 1 amide bonds.